The first-order valence-corrected chi connectivity index (χ1v) is 7.38. The van der Waals surface area contributed by atoms with Crippen LogP contribution in [0.2, 0.25) is 0 Å². The number of benzene rings is 2. The van der Waals surface area contributed by atoms with Crippen LogP contribution in [0.25, 0.3) is 0 Å². The Labute approximate surface area is 130 Å². The van der Waals surface area contributed by atoms with Crippen LogP contribution in [0, 0.1) is 5.82 Å². The zero-order chi connectivity index (χ0) is 14.8. The van der Waals surface area contributed by atoms with Gasteiger partial charge in [0.15, 0.2) is 0 Å². The highest BCUT2D eigenvalue weighted by Crippen LogP contribution is 2.31. The highest BCUT2D eigenvalue weighted by molar-refractivity contribution is 9.10. The van der Waals surface area contributed by atoms with Crippen molar-refractivity contribution < 1.29 is 14.3 Å². The van der Waals surface area contributed by atoms with Crippen molar-refractivity contribution in [2.45, 2.75) is 19.4 Å². The molecular formula is C16H13BrFNO2. The molecule has 21 heavy (non-hydrogen) atoms. The van der Waals surface area contributed by atoms with Crippen LogP contribution in [-0.2, 0) is 13.0 Å². The van der Waals surface area contributed by atoms with Gasteiger partial charge in [0, 0.05) is 21.2 Å². The summed E-state index contributed by atoms with van der Waals surface area (Å²) in [6.45, 7) is 0.168. The van der Waals surface area contributed by atoms with E-state index in [9.17, 15) is 4.39 Å². The number of ether oxygens (including phenoxy) is 1. The minimum Gasteiger partial charge on any atom is -0.488 e. The summed E-state index contributed by atoms with van der Waals surface area (Å²) in [7, 11) is 0. The van der Waals surface area contributed by atoms with E-state index in [0.717, 1.165) is 17.5 Å². The summed E-state index contributed by atoms with van der Waals surface area (Å²) in [5, 5.41) is 12.3. The largest absolute Gasteiger partial charge is 0.488 e. The minimum atomic E-state index is -0.297. The van der Waals surface area contributed by atoms with Gasteiger partial charge >= 0.3 is 0 Å². The zero-order valence-electron chi connectivity index (χ0n) is 11.1. The molecule has 0 fully saturated rings. The van der Waals surface area contributed by atoms with E-state index in [1.54, 1.807) is 12.1 Å². The van der Waals surface area contributed by atoms with E-state index in [-0.39, 0.29) is 12.4 Å². The average molecular weight is 350 g/mol. The van der Waals surface area contributed by atoms with Crippen molar-refractivity contribution in [1.82, 2.24) is 0 Å². The Bertz CT molecular complexity index is 715. The van der Waals surface area contributed by atoms with Gasteiger partial charge in [-0.15, -0.1) is 0 Å². The van der Waals surface area contributed by atoms with Gasteiger partial charge in [-0.2, -0.15) is 0 Å². The molecule has 0 spiro atoms. The number of halogens is 2. The third-order valence-corrected chi connectivity index (χ3v) is 4.07. The Hall–Kier alpha value is -1.88. The Kier molecular flexibility index (Phi) is 3.92. The summed E-state index contributed by atoms with van der Waals surface area (Å²) < 4.78 is 20.2. The van der Waals surface area contributed by atoms with Crippen molar-refractivity contribution >= 4 is 21.6 Å². The SMILES string of the molecule is ON=C1CCc2c(OCc3ccc(Br)cc3F)cccc21. The lowest BCUT2D eigenvalue weighted by Gasteiger charge is -2.11. The van der Waals surface area contributed by atoms with Gasteiger partial charge in [-0.05, 0) is 31.0 Å². The Balaban J connectivity index is 1.82. The molecule has 0 aromatic heterocycles. The van der Waals surface area contributed by atoms with E-state index in [0.29, 0.717) is 27.9 Å². The molecule has 0 unspecified atom stereocenters. The fourth-order valence-corrected chi connectivity index (χ4v) is 2.84. The molecule has 5 heteroatoms. The number of rotatable bonds is 3. The quantitative estimate of drug-likeness (QED) is 0.663. The Morgan fingerprint density at radius 1 is 1.24 bits per heavy atom. The summed E-state index contributed by atoms with van der Waals surface area (Å²) in [6.07, 6.45) is 1.46. The lowest BCUT2D eigenvalue weighted by molar-refractivity contribution is 0.297. The predicted molar refractivity (Wildman–Crippen MR) is 81.5 cm³/mol. The number of hydrogen-bond donors (Lipinski definition) is 1. The Morgan fingerprint density at radius 2 is 2.10 bits per heavy atom. The van der Waals surface area contributed by atoms with Crippen molar-refractivity contribution in [3.63, 3.8) is 0 Å². The average Bonchev–Trinajstić information content (AvgIpc) is 2.90. The molecule has 108 valence electrons. The number of hydrogen-bond acceptors (Lipinski definition) is 3. The molecule has 0 aliphatic heterocycles. The summed E-state index contributed by atoms with van der Waals surface area (Å²) in [5.74, 6) is 0.419. The molecular weight excluding hydrogens is 337 g/mol. The molecule has 2 aromatic carbocycles. The highest BCUT2D eigenvalue weighted by atomic mass is 79.9. The monoisotopic (exact) mass is 349 g/mol. The number of fused-ring (bicyclic) bond motifs is 1. The summed E-state index contributed by atoms with van der Waals surface area (Å²) >= 11 is 3.23. The van der Waals surface area contributed by atoms with Gasteiger partial charge < -0.3 is 9.94 Å². The van der Waals surface area contributed by atoms with E-state index in [2.05, 4.69) is 21.1 Å². The van der Waals surface area contributed by atoms with Gasteiger partial charge in [0.25, 0.3) is 0 Å². The van der Waals surface area contributed by atoms with Crippen LogP contribution < -0.4 is 4.74 Å². The molecule has 2 aromatic rings. The summed E-state index contributed by atoms with van der Waals surface area (Å²) in [5.41, 5.74) is 3.10. The molecule has 0 saturated carbocycles. The van der Waals surface area contributed by atoms with Crippen LogP contribution in [0.15, 0.2) is 46.0 Å². The molecule has 1 N–H and O–H groups in total. The van der Waals surface area contributed by atoms with E-state index in [1.807, 2.05) is 18.2 Å². The van der Waals surface area contributed by atoms with E-state index in [4.69, 9.17) is 9.94 Å². The predicted octanol–water partition coefficient (Wildman–Crippen LogP) is 4.29. The van der Waals surface area contributed by atoms with Crippen molar-refractivity contribution in [2.75, 3.05) is 0 Å². The molecule has 0 saturated heterocycles. The van der Waals surface area contributed by atoms with Gasteiger partial charge in [-0.1, -0.05) is 39.3 Å². The maximum atomic E-state index is 13.8. The molecule has 0 amide bonds. The number of oxime groups is 1. The molecule has 1 aliphatic rings. The van der Waals surface area contributed by atoms with E-state index >= 15 is 0 Å². The van der Waals surface area contributed by atoms with E-state index in [1.165, 1.54) is 6.07 Å². The molecule has 0 radical (unpaired) electrons. The normalized spacial score (nSPS) is 15.2. The first-order valence-electron chi connectivity index (χ1n) is 6.59. The fourth-order valence-electron chi connectivity index (χ4n) is 2.51. The van der Waals surface area contributed by atoms with Gasteiger partial charge in [0.2, 0.25) is 0 Å². The second-order valence-corrected chi connectivity index (χ2v) is 5.77. The molecule has 0 atom stereocenters. The first kappa shape index (κ1) is 14.1. The van der Waals surface area contributed by atoms with Crippen LogP contribution in [0.3, 0.4) is 0 Å². The van der Waals surface area contributed by atoms with Crippen LogP contribution in [-0.4, -0.2) is 10.9 Å². The lowest BCUT2D eigenvalue weighted by atomic mass is 10.1. The second-order valence-electron chi connectivity index (χ2n) is 4.85. The third kappa shape index (κ3) is 2.78. The fraction of sp³-hybridized carbons (Fsp3) is 0.188. The third-order valence-electron chi connectivity index (χ3n) is 3.57. The summed E-state index contributed by atoms with van der Waals surface area (Å²) in [4.78, 5) is 0. The van der Waals surface area contributed by atoms with Gasteiger partial charge in [0.05, 0.1) is 5.71 Å². The molecule has 3 nitrogen and oxygen atoms in total. The smallest absolute Gasteiger partial charge is 0.130 e. The van der Waals surface area contributed by atoms with Crippen LogP contribution in [0.5, 0.6) is 5.75 Å². The van der Waals surface area contributed by atoms with Crippen LogP contribution in [0.1, 0.15) is 23.1 Å². The van der Waals surface area contributed by atoms with Gasteiger partial charge in [0.1, 0.15) is 18.2 Å². The van der Waals surface area contributed by atoms with Gasteiger partial charge in [-0.25, -0.2) is 4.39 Å². The minimum absolute atomic E-state index is 0.168. The molecule has 0 heterocycles. The maximum absolute atomic E-state index is 13.8. The van der Waals surface area contributed by atoms with Crippen molar-refractivity contribution in [1.29, 1.82) is 0 Å². The van der Waals surface area contributed by atoms with Crippen LogP contribution >= 0.6 is 15.9 Å². The van der Waals surface area contributed by atoms with Crippen molar-refractivity contribution in [3.8, 4) is 5.75 Å². The standard InChI is InChI=1S/C16H13BrFNO2/c17-11-5-4-10(14(18)8-11)9-21-16-3-1-2-12-13(16)6-7-15(12)19-20/h1-5,8,20H,6-7,9H2. The Morgan fingerprint density at radius 3 is 2.86 bits per heavy atom. The van der Waals surface area contributed by atoms with Crippen LogP contribution in [0.4, 0.5) is 4.39 Å². The van der Waals surface area contributed by atoms with Gasteiger partial charge in [-0.3, -0.25) is 0 Å². The van der Waals surface area contributed by atoms with E-state index < -0.39 is 0 Å². The maximum Gasteiger partial charge on any atom is 0.130 e. The first-order chi connectivity index (χ1) is 10.2. The van der Waals surface area contributed by atoms with Crippen molar-refractivity contribution in [2.24, 2.45) is 5.16 Å². The topological polar surface area (TPSA) is 41.8 Å². The summed E-state index contributed by atoms with van der Waals surface area (Å²) in [6, 6.07) is 10.5. The van der Waals surface area contributed by atoms with Crippen molar-refractivity contribution in [3.05, 3.63) is 63.4 Å². The lowest BCUT2D eigenvalue weighted by Crippen LogP contribution is -2.01. The molecule has 1 aliphatic carbocycles. The second kappa shape index (κ2) is 5.85. The highest BCUT2D eigenvalue weighted by Gasteiger charge is 2.21. The zero-order valence-corrected chi connectivity index (χ0v) is 12.7. The molecule has 3 rings (SSSR count). The number of nitrogens with zero attached hydrogens (tertiary/aromatic N) is 1. The molecule has 0 bridgehead atoms.